The molecule has 1 unspecified atom stereocenters. The van der Waals surface area contributed by atoms with Crippen LogP contribution >= 0.6 is 0 Å². The van der Waals surface area contributed by atoms with Crippen LogP contribution in [0.2, 0.25) is 0 Å². The maximum Gasteiger partial charge on any atom is 0.242 e. The molecule has 2 aromatic carbocycles. The van der Waals surface area contributed by atoms with E-state index in [1.54, 1.807) is 11.9 Å². The molecule has 4 heteroatoms. The van der Waals surface area contributed by atoms with Gasteiger partial charge in [-0.1, -0.05) is 60.7 Å². The number of benzene rings is 2. The van der Waals surface area contributed by atoms with Crippen molar-refractivity contribution in [3.63, 3.8) is 0 Å². The Hall–Kier alpha value is -2.62. The van der Waals surface area contributed by atoms with Crippen molar-refractivity contribution in [3.05, 3.63) is 71.8 Å². The minimum absolute atomic E-state index is 0.0132. The highest BCUT2D eigenvalue weighted by molar-refractivity contribution is 5.85. The smallest absolute Gasteiger partial charge is 0.242 e. The number of hydrogen-bond acceptors (Lipinski definition) is 2. The van der Waals surface area contributed by atoms with E-state index in [1.165, 1.54) is 0 Å². The maximum absolute atomic E-state index is 12.2. The first-order valence-electron chi connectivity index (χ1n) is 7.69. The van der Waals surface area contributed by atoms with Crippen LogP contribution in [0.5, 0.6) is 0 Å². The molecule has 120 valence electrons. The molecule has 2 aromatic rings. The van der Waals surface area contributed by atoms with E-state index in [2.05, 4.69) is 5.32 Å². The molecule has 4 nitrogen and oxygen atoms in total. The molecular weight excluding hydrogens is 288 g/mol. The van der Waals surface area contributed by atoms with Gasteiger partial charge in [-0.3, -0.25) is 9.59 Å². The van der Waals surface area contributed by atoms with E-state index in [-0.39, 0.29) is 30.8 Å². The Morgan fingerprint density at radius 2 is 1.57 bits per heavy atom. The largest absolute Gasteiger partial charge is 0.347 e. The van der Waals surface area contributed by atoms with Crippen molar-refractivity contribution >= 4 is 11.8 Å². The average molecular weight is 310 g/mol. The summed E-state index contributed by atoms with van der Waals surface area (Å²) in [7, 11) is 1.75. The predicted molar refractivity (Wildman–Crippen MR) is 90.8 cm³/mol. The SMILES string of the molecule is CC(c1ccccc1)N(C)C(=O)CNC(=O)Cc1ccccc1. The molecule has 0 aliphatic carbocycles. The zero-order chi connectivity index (χ0) is 16.7. The molecule has 0 saturated heterocycles. The van der Waals surface area contributed by atoms with Gasteiger partial charge in [-0.25, -0.2) is 0 Å². The average Bonchev–Trinajstić information content (AvgIpc) is 2.60. The summed E-state index contributed by atoms with van der Waals surface area (Å²) in [6.07, 6.45) is 0.284. The van der Waals surface area contributed by atoms with Crippen LogP contribution in [0, 0.1) is 0 Å². The van der Waals surface area contributed by atoms with Gasteiger partial charge >= 0.3 is 0 Å². The molecule has 0 heterocycles. The summed E-state index contributed by atoms with van der Waals surface area (Å²) in [4.78, 5) is 25.8. The third-order valence-electron chi connectivity index (χ3n) is 3.90. The lowest BCUT2D eigenvalue weighted by molar-refractivity contribution is -0.133. The molecule has 0 aliphatic rings. The van der Waals surface area contributed by atoms with Gasteiger partial charge in [-0.2, -0.15) is 0 Å². The third kappa shape index (κ3) is 4.95. The van der Waals surface area contributed by atoms with Crippen LogP contribution < -0.4 is 5.32 Å². The molecule has 0 spiro atoms. The molecule has 1 atom stereocenters. The number of rotatable bonds is 6. The fourth-order valence-corrected chi connectivity index (χ4v) is 2.31. The number of carbonyl (C=O) groups excluding carboxylic acids is 2. The van der Waals surface area contributed by atoms with Crippen LogP contribution in [-0.4, -0.2) is 30.3 Å². The minimum atomic E-state index is -0.148. The predicted octanol–water partition coefficient (Wildman–Crippen LogP) is 2.56. The van der Waals surface area contributed by atoms with Gasteiger partial charge in [0.2, 0.25) is 11.8 Å². The molecule has 0 saturated carbocycles. The first kappa shape index (κ1) is 16.7. The van der Waals surface area contributed by atoms with Crippen molar-refractivity contribution in [2.75, 3.05) is 13.6 Å². The summed E-state index contributed by atoms with van der Waals surface area (Å²) in [6.45, 7) is 1.98. The van der Waals surface area contributed by atoms with E-state index in [1.807, 2.05) is 67.6 Å². The lowest BCUT2D eigenvalue weighted by atomic mass is 10.1. The minimum Gasteiger partial charge on any atom is -0.347 e. The quantitative estimate of drug-likeness (QED) is 0.891. The lowest BCUT2D eigenvalue weighted by Gasteiger charge is -2.25. The maximum atomic E-state index is 12.2. The van der Waals surface area contributed by atoms with Crippen molar-refractivity contribution in [1.82, 2.24) is 10.2 Å². The number of hydrogen-bond donors (Lipinski definition) is 1. The summed E-state index contributed by atoms with van der Waals surface area (Å²) in [5, 5.41) is 2.69. The van der Waals surface area contributed by atoms with E-state index >= 15 is 0 Å². The molecule has 1 N–H and O–H groups in total. The standard InChI is InChI=1S/C19H22N2O2/c1-15(17-11-7-4-8-12-17)21(2)19(23)14-20-18(22)13-16-9-5-3-6-10-16/h3-12,15H,13-14H2,1-2H3,(H,20,22). The van der Waals surface area contributed by atoms with Gasteiger partial charge in [0.05, 0.1) is 19.0 Å². The highest BCUT2D eigenvalue weighted by atomic mass is 16.2. The summed E-state index contributed by atoms with van der Waals surface area (Å²) < 4.78 is 0. The van der Waals surface area contributed by atoms with Crippen molar-refractivity contribution < 1.29 is 9.59 Å². The number of nitrogens with zero attached hydrogens (tertiary/aromatic N) is 1. The molecular formula is C19H22N2O2. The molecule has 0 fully saturated rings. The number of carbonyl (C=O) groups is 2. The second kappa shape index (κ2) is 8.13. The van der Waals surface area contributed by atoms with Gasteiger partial charge in [0.25, 0.3) is 0 Å². The monoisotopic (exact) mass is 310 g/mol. The second-order valence-corrected chi connectivity index (χ2v) is 5.53. The van der Waals surface area contributed by atoms with E-state index in [9.17, 15) is 9.59 Å². The Balaban J connectivity index is 1.83. The third-order valence-corrected chi connectivity index (χ3v) is 3.90. The van der Waals surface area contributed by atoms with Gasteiger partial charge < -0.3 is 10.2 Å². The molecule has 0 aromatic heterocycles. The Bertz CT molecular complexity index is 641. The van der Waals surface area contributed by atoms with E-state index in [4.69, 9.17) is 0 Å². The van der Waals surface area contributed by atoms with Crippen LogP contribution in [0.25, 0.3) is 0 Å². The number of nitrogens with one attached hydrogen (secondary N) is 1. The van der Waals surface area contributed by atoms with Crippen LogP contribution in [-0.2, 0) is 16.0 Å². The first-order chi connectivity index (χ1) is 11.1. The Morgan fingerprint density at radius 1 is 1.00 bits per heavy atom. The van der Waals surface area contributed by atoms with Gasteiger partial charge in [0, 0.05) is 7.05 Å². The summed E-state index contributed by atoms with van der Waals surface area (Å²) >= 11 is 0. The molecule has 0 aliphatic heterocycles. The Morgan fingerprint density at radius 3 is 2.17 bits per heavy atom. The van der Waals surface area contributed by atoms with E-state index in [0.29, 0.717) is 0 Å². The normalized spacial score (nSPS) is 11.6. The molecule has 0 bridgehead atoms. The molecule has 0 radical (unpaired) electrons. The van der Waals surface area contributed by atoms with E-state index in [0.717, 1.165) is 11.1 Å². The molecule has 2 amide bonds. The highest BCUT2D eigenvalue weighted by Gasteiger charge is 2.17. The van der Waals surface area contributed by atoms with Crippen LogP contribution in [0.1, 0.15) is 24.1 Å². The highest BCUT2D eigenvalue weighted by Crippen LogP contribution is 2.17. The summed E-state index contributed by atoms with van der Waals surface area (Å²) in [5.74, 6) is -0.256. The fraction of sp³-hybridized carbons (Fsp3) is 0.263. The van der Waals surface area contributed by atoms with Crippen molar-refractivity contribution in [2.45, 2.75) is 19.4 Å². The molecule has 2 rings (SSSR count). The number of amides is 2. The fourth-order valence-electron chi connectivity index (χ4n) is 2.31. The summed E-state index contributed by atoms with van der Waals surface area (Å²) in [5.41, 5.74) is 2.00. The second-order valence-electron chi connectivity index (χ2n) is 5.53. The Kier molecular flexibility index (Phi) is 5.92. The molecule has 23 heavy (non-hydrogen) atoms. The topological polar surface area (TPSA) is 49.4 Å². The number of likely N-dealkylation sites (N-methyl/N-ethyl adjacent to an activating group) is 1. The van der Waals surface area contributed by atoms with E-state index < -0.39 is 0 Å². The zero-order valence-corrected chi connectivity index (χ0v) is 13.5. The Labute approximate surface area is 137 Å². The van der Waals surface area contributed by atoms with Gasteiger partial charge in [-0.15, -0.1) is 0 Å². The zero-order valence-electron chi connectivity index (χ0n) is 13.5. The van der Waals surface area contributed by atoms with Gasteiger partial charge in [-0.05, 0) is 18.1 Å². The van der Waals surface area contributed by atoms with Crippen molar-refractivity contribution in [1.29, 1.82) is 0 Å². The first-order valence-corrected chi connectivity index (χ1v) is 7.69. The van der Waals surface area contributed by atoms with Crippen molar-refractivity contribution in [3.8, 4) is 0 Å². The summed E-state index contributed by atoms with van der Waals surface area (Å²) in [6, 6.07) is 19.3. The van der Waals surface area contributed by atoms with Gasteiger partial charge in [0.15, 0.2) is 0 Å². The van der Waals surface area contributed by atoms with Crippen molar-refractivity contribution in [2.24, 2.45) is 0 Å². The van der Waals surface area contributed by atoms with Crippen LogP contribution in [0.15, 0.2) is 60.7 Å². The van der Waals surface area contributed by atoms with Gasteiger partial charge in [0.1, 0.15) is 0 Å². The lowest BCUT2D eigenvalue weighted by Crippen LogP contribution is -2.39. The van der Waals surface area contributed by atoms with Crippen LogP contribution in [0.3, 0.4) is 0 Å². The van der Waals surface area contributed by atoms with Crippen LogP contribution in [0.4, 0.5) is 0 Å².